The van der Waals surface area contributed by atoms with Crippen LogP contribution >= 0.6 is 0 Å². The second-order valence-corrected chi connectivity index (χ2v) is 6.14. The van der Waals surface area contributed by atoms with Gasteiger partial charge in [-0.25, -0.2) is 0 Å². The van der Waals surface area contributed by atoms with Gasteiger partial charge < -0.3 is 20.1 Å². The fraction of sp³-hybridized carbons (Fsp3) is 0.400. The van der Waals surface area contributed by atoms with Crippen LogP contribution in [0.4, 0.5) is 0 Å². The number of hydrogen-bond acceptors (Lipinski definition) is 6. The number of imide groups is 1. The van der Waals surface area contributed by atoms with Crippen molar-refractivity contribution in [3.05, 3.63) is 42.5 Å². The predicted molar refractivity (Wildman–Crippen MR) is 104 cm³/mol. The van der Waals surface area contributed by atoms with Crippen molar-refractivity contribution < 1.29 is 28.7 Å². The number of para-hydroxylation sites is 1. The van der Waals surface area contributed by atoms with Crippen LogP contribution in [0.3, 0.4) is 0 Å². The van der Waals surface area contributed by atoms with Crippen molar-refractivity contribution in [2.75, 3.05) is 39.5 Å². The molecular weight excluding hydrogens is 378 g/mol. The van der Waals surface area contributed by atoms with Crippen LogP contribution in [0, 0.1) is 0 Å². The van der Waals surface area contributed by atoms with Crippen molar-refractivity contribution >= 4 is 23.6 Å². The zero-order chi connectivity index (χ0) is 20.9. The van der Waals surface area contributed by atoms with E-state index in [9.17, 15) is 19.2 Å². The number of amides is 4. The van der Waals surface area contributed by atoms with Gasteiger partial charge in [0.25, 0.3) is 11.8 Å². The molecule has 1 aromatic rings. The number of nitrogens with one attached hydrogen (secondary N) is 2. The Hall–Kier alpha value is -3.20. The van der Waals surface area contributed by atoms with E-state index < -0.39 is 11.8 Å². The van der Waals surface area contributed by atoms with E-state index in [1.807, 2.05) is 30.3 Å². The van der Waals surface area contributed by atoms with Gasteiger partial charge in [0.1, 0.15) is 12.4 Å². The molecule has 29 heavy (non-hydrogen) atoms. The number of hydrogen-bond donors (Lipinski definition) is 2. The lowest BCUT2D eigenvalue weighted by molar-refractivity contribution is -0.137. The van der Waals surface area contributed by atoms with Gasteiger partial charge in [0.05, 0.1) is 19.8 Å². The molecule has 0 fully saturated rings. The molecule has 1 aliphatic rings. The van der Waals surface area contributed by atoms with Crippen LogP contribution in [0.5, 0.6) is 5.75 Å². The number of rotatable bonds is 13. The van der Waals surface area contributed by atoms with Gasteiger partial charge in [0, 0.05) is 38.1 Å². The van der Waals surface area contributed by atoms with Gasteiger partial charge in [-0.05, 0) is 12.1 Å². The van der Waals surface area contributed by atoms with Crippen LogP contribution in [0.1, 0.15) is 12.8 Å². The lowest BCUT2D eigenvalue weighted by Gasteiger charge is -2.13. The number of carbonyl (C=O) groups is 4. The normalized spacial score (nSPS) is 12.9. The van der Waals surface area contributed by atoms with Crippen LogP contribution in [-0.4, -0.2) is 68.0 Å². The van der Waals surface area contributed by atoms with Crippen LogP contribution in [0.15, 0.2) is 42.5 Å². The molecule has 4 amide bonds. The topological polar surface area (TPSA) is 114 Å². The van der Waals surface area contributed by atoms with Crippen LogP contribution in [-0.2, 0) is 23.9 Å². The zero-order valence-electron chi connectivity index (χ0n) is 16.1. The third-order valence-electron chi connectivity index (χ3n) is 3.94. The largest absolute Gasteiger partial charge is 0.492 e. The van der Waals surface area contributed by atoms with E-state index in [-0.39, 0.29) is 51.0 Å². The number of carbonyl (C=O) groups excluding carboxylic acids is 4. The van der Waals surface area contributed by atoms with Crippen molar-refractivity contribution in [1.29, 1.82) is 0 Å². The van der Waals surface area contributed by atoms with E-state index in [0.717, 1.165) is 10.6 Å². The monoisotopic (exact) mass is 403 g/mol. The molecule has 1 aliphatic heterocycles. The van der Waals surface area contributed by atoms with Gasteiger partial charge >= 0.3 is 0 Å². The molecule has 0 unspecified atom stereocenters. The van der Waals surface area contributed by atoms with E-state index in [0.29, 0.717) is 13.2 Å². The first-order valence-electron chi connectivity index (χ1n) is 9.39. The Bertz CT molecular complexity index is 717. The Balaban J connectivity index is 1.41. The van der Waals surface area contributed by atoms with Gasteiger partial charge in [-0.2, -0.15) is 0 Å². The summed E-state index contributed by atoms with van der Waals surface area (Å²) in [6, 6.07) is 9.34. The molecule has 1 heterocycles. The molecular formula is C20H25N3O6. The van der Waals surface area contributed by atoms with Crippen molar-refractivity contribution in [3.8, 4) is 5.75 Å². The first-order valence-corrected chi connectivity index (χ1v) is 9.39. The SMILES string of the molecule is O=C(CCOCCNC(=O)CCN1C(=O)C=CC1=O)NCCOc1ccccc1. The highest BCUT2D eigenvalue weighted by molar-refractivity contribution is 6.13. The highest BCUT2D eigenvalue weighted by Gasteiger charge is 2.23. The molecule has 0 aromatic heterocycles. The summed E-state index contributed by atoms with van der Waals surface area (Å²) in [5.41, 5.74) is 0. The summed E-state index contributed by atoms with van der Waals surface area (Å²) in [5.74, 6) is -0.481. The van der Waals surface area contributed by atoms with E-state index in [2.05, 4.69) is 10.6 Å². The molecule has 0 bridgehead atoms. The third-order valence-corrected chi connectivity index (χ3v) is 3.94. The Morgan fingerprint density at radius 1 is 0.828 bits per heavy atom. The molecule has 9 nitrogen and oxygen atoms in total. The molecule has 0 spiro atoms. The molecule has 9 heteroatoms. The molecule has 1 aromatic carbocycles. The predicted octanol–water partition coefficient (Wildman–Crippen LogP) is 0.0196. The summed E-state index contributed by atoms with van der Waals surface area (Å²) in [5, 5.41) is 5.37. The minimum Gasteiger partial charge on any atom is -0.492 e. The number of ether oxygens (including phenoxy) is 2. The smallest absolute Gasteiger partial charge is 0.253 e. The molecule has 2 N–H and O–H groups in total. The Kier molecular flexibility index (Phi) is 9.37. The Morgan fingerprint density at radius 3 is 2.14 bits per heavy atom. The fourth-order valence-corrected chi connectivity index (χ4v) is 2.45. The zero-order valence-corrected chi connectivity index (χ0v) is 16.1. The summed E-state index contributed by atoms with van der Waals surface area (Å²) >= 11 is 0. The lowest BCUT2D eigenvalue weighted by Crippen LogP contribution is -2.35. The lowest BCUT2D eigenvalue weighted by atomic mass is 10.3. The number of nitrogens with zero attached hydrogens (tertiary/aromatic N) is 1. The van der Waals surface area contributed by atoms with E-state index in [1.165, 1.54) is 12.2 Å². The summed E-state index contributed by atoms with van der Waals surface area (Å²) in [7, 11) is 0. The van der Waals surface area contributed by atoms with Crippen molar-refractivity contribution in [2.45, 2.75) is 12.8 Å². The quantitative estimate of drug-likeness (QED) is 0.355. The summed E-state index contributed by atoms with van der Waals surface area (Å²) in [6.45, 7) is 1.62. The second kappa shape index (κ2) is 12.3. The van der Waals surface area contributed by atoms with Gasteiger partial charge in [-0.1, -0.05) is 18.2 Å². The van der Waals surface area contributed by atoms with Crippen molar-refractivity contribution in [3.63, 3.8) is 0 Å². The highest BCUT2D eigenvalue weighted by atomic mass is 16.5. The molecule has 0 saturated carbocycles. The highest BCUT2D eigenvalue weighted by Crippen LogP contribution is 2.07. The van der Waals surface area contributed by atoms with Crippen LogP contribution < -0.4 is 15.4 Å². The Morgan fingerprint density at radius 2 is 1.45 bits per heavy atom. The summed E-state index contributed by atoms with van der Waals surface area (Å²) in [4.78, 5) is 47.1. The molecule has 156 valence electrons. The third kappa shape index (κ3) is 8.56. The van der Waals surface area contributed by atoms with Gasteiger partial charge in [-0.15, -0.1) is 0 Å². The number of benzene rings is 1. The maximum atomic E-state index is 11.7. The molecule has 0 atom stereocenters. The first kappa shape index (κ1) is 22.1. The molecule has 2 rings (SSSR count). The molecule has 0 aliphatic carbocycles. The van der Waals surface area contributed by atoms with Gasteiger partial charge in [-0.3, -0.25) is 24.1 Å². The van der Waals surface area contributed by atoms with Crippen molar-refractivity contribution in [2.24, 2.45) is 0 Å². The van der Waals surface area contributed by atoms with E-state index in [1.54, 1.807) is 0 Å². The average Bonchev–Trinajstić information content (AvgIpc) is 3.04. The fourth-order valence-electron chi connectivity index (χ4n) is 2.45. The van der Waals surface area contributed by atoms with E-state index >= 15 is 0 Å². The van der Waals surface area contributed by atoms with Gasteiger partial charge in [0.15, 0.2) is 0 Å². The molecule has 0 radical (unpaired) electrons. The summed E-state index contributed by atoms with van der Waals surface area (Å²) in [6.07, 6.45) is 2.61. The minimum atomic E-state index is -0.406. The van der Waals surface area contributed by atoms with Crippen molar-refractivity contribution in [1.82, 2.24) is 15.5 Å². The molecule has 0 saturated heterocycles. The average molecular weight is 403 g/mol. The van der Waals surface area contributed by atoms with E-state index in [4.69, 9.17) is 9.47 Å². The minimum absolute atomic E-state index is 0.0343. The van der Waals surface area contributed by atoms with Gasteiger partial charge in [0.2, 0.25) is 11.8 Å². The van der Waals surface area contributed by atoms with Crippen LogP contribution in [0.25, 0.3) is 0 Å². The summed E-state index contributed by atoms with van der Waals surface area (Å²) < 4.78 is 10.8. The maximum absolute atomic E-state index is 11.7. The maximum Gasteiger partial charge on any atom is 0.253 e. The Labute approximate surface area is 169 Å². The first-order chi connectivity index (χ1) is 14.1. The van der Waals surface area contributed by atoms with Crippen LogP contribution in [0.2, 0.25) is 0 Å². The second-order valence-electron chi connectivity index (χ2n) is 6.14. The standard InChI is InChI=1S/C20H25N3O6/c24-17(8-12-23-19(26)6-7-20(23)27)21-10-14-28-13-9-18(25)22-11-15-29-16-4-2-1-3-5-16/h1-7H,8-15H2,(H,21,24)(H,22,25).